The first-order chi connectivity index (χ1) is 6.79. The van der Waals surface area contributed by atoms with Crippen LogP contribution in [0.1, 0.15) is 17.5 Å². The first-order valence-electron chi connectivity index (χ1n) is 4.53. The number of hydrogen-bond donors (Lipinski definition) is 1. The Balaban J connectivity index is 2.10. The summed E-state index contributed by atoms with van der Waals surface area (Å²) in [7, 11) is 0. The van der Waals surface area contributed by atoms with Crippen LogP contribution in [-0.4, -0.2) is 51.8 Å². The molecule has 0 radical (unpaired) electrons. The molecule has 0 aliphatic carbocycles. The molecule has 1 aliphatic heterocycles. The SMILES string of the molecule is CC1COCCN1C(=O)c1ncn[nH]1. The number of nitrogens with zero attached hydrogens (tertiary/aromatic N) is 3. The monoisotopic (exact) mass is 196 g/mol. The number of H-pyrrole nitrogens is 1. The average molecular weight is 196 g/mol. The molecule has 76 valence electrons. The van der Waals surface area contributed by atoms with Gasteiger partial charge >= 0.3 is 0 Å². The maximum absolute atomic E-state index is 11.8. The molecule has 1 aromatic heterocycles. The zero-order valence-electron chi connectivity index (χ0n) is 7.93. The molecular formula is C8H12N4O2. The van der Waals surface area contributed by atoms with Crippen LogP contribution >= 0.6 is 0 Å². The molecule has 2 rings (SSSR count). The number of morpholine rings is 1. The average Bonchev–Trinajstić information content (AvgIpc) is 2.70. The van der Waals surface area contributed by atoms with Gasteiger partial charge in [0, 0.05) is 6.54 Å². The normalized spacial score (nSPS) is 22.4. The van der Waals surface area contributed by atoms with Crippen LogP contribution in [0, 0.1) is 0 Å². The molecule has 0 saturated carbocycles. The summed E-state index contributed by atoms with van der Waals surface area (Å²) < 4.78 is 5.24. The van der Waals surface area contributed by atoms with Gasteiger partial charge in [-0.1, -0.05) is 0 Å². The van der Waals surface area contributed by atoms with Crippen LogP contribution in [0.3, 0.4) is 0 Å². The summed E-state index contributed by atoms with van der Waals surface area (Å²) in [4.78, 5) is 17.4. The molecule has 1 N–H and O–H groups in total. The van der Waals surface area contributed by atoms with Crippen molar-refractivity contribution in [3.63, 3.8) is 0 Å². The molecule has 0 bridgehead atoms. The highest BCUT2D eigenvalue weighted by atomic mass is 16.5. The maximum atomic E-state index is 11.8. The van der Waals surface area contributed by atoms with Crippen molar-refractivity contribution < 1.29 is 9.53 Å². The van der Waals surface area contributed by atoms with Crippen LogP contribution in [0.25, 0.3) is 0 Å². The summed E-state index contributed by atoms with van der Waals surface area (Å²) in [5.41, 5.74) is 0. The molecule has 1 unspecified atom stereocenters. The van der Waals surface area contributed by atoms with Gasteiger partial charge in [0.25, 0.3) is 5.91 Å². The lowest BCUT2D eigenvalue weighted by molar-refractivity contribution is 0.00295. The Hall–Kier alpha value is -1.43. The first-order valence-corrected chi connectivity index (χ1v) is 4.53. The summed E-state index contributed by atoms with van der Waals surface area (Å²) in [6, 6.07) is 0.0985. The zero-order valence-corrected chi connectivity index (χ0v) is 7.93. The van der Waals surface area contributed by atoms with Crippen molar-refractivity contribution in [3.05, 3.63) is 12.2 Å². The van der Waals surface area contributed by atoms with Crippen molar-refractivity contribution >= 4 is 5.91 Å². The van der Waals surface area contributed by atoms with Crippen molar-refractivity contribution in [2.45, 2.75) is 13.0 Å². The Labute approximate surface area is 81.3 Å². The third kappa shape index (κ3) is 1.60. The van der Waals surface area contributed by atoms with Crippen LogP contribution in [-0.2, 0) is 4.74 Å². The predicted molar refractivity (Wildman–Crippen MR) is 47.7 cm³/mol. The molecule has 1 fully saturated rings. The van der Waals surface area contributed by atoms with Gasteiger partial charge in [0.1, 0.15) is 6.33 Å². The van der Waals surface area contributed by atoms with Crippen LogP contribution < -0.4 is 0 Å². The van der Waals surface area contributed by atoms with E-state index in [9.17, 15) is 4.79 Å². The fraction of sp³-hybridized carbons (Fsp3) is 0.625. The van der Waals surface area contributed by atoms with E-state index in [0.29, 0.717) is 25.6 Å². The molecular weight excluding hydrogens is 184 g/mol. The molecule has 1 saturated heterocycles. The van der Waals surface area contributed by atoms with Crippen LogP contribution in [0.2, 0.25) is 0 Å². The second-order valence-electron chi connectivity index (χ2n) is 3.26. The van der Waals surface area contributed by atoms with Gasteiger partial charge in [-0.15, -0.1) is 0 Å². The Morgan fingerprint density at radius 2 is 2.64 bits per heavy atom. The Kier molecular flexibility index (Phi) is 2.45. The van der Waals surface area contributed by atoms with E-state index in [2.05, 4.69) is 15.2 Å². The molecule has 14 heavy (non-hydrogen) atoms. The summed E-state index contributed by atoms with van der Waals surface area (Å²) in [6.45, 7) is 3.73. The number of hydrogen-bond acceptors (Lipinski definition) is 4. The molecule has 0 aromatic carbocycles. The van der Waals surface area contributed by atoms with Crippen LogP contribution in [0.4, 0.5) is 0 Å². The smallest absolute Gasteiger partial charge is 0.291 e. The van der Waals surface area contributed by atoms with Gasteiger partial charge in [-0.2, -0.15) is 5.10 Å². The van der Waals surface area contributed by atoms with Gasteiger partial charge in [0.15, 0.2) is 0 Å². The summed E-state index contributed by atoms with van der Waals surface area (Å²) in [6.07, 6.45) is 1.33. The highest BCUT2D eigenvalue weighted by molar-refractivity contribution is 5.90. The number of ether oxygens (including phenoxy) is 1. The number of carbonyl (C=O) groups excluding carboxylic acids is 1. The van der Waals surface area contributed by atoms with Gasteiger partial charge in [0.2, 0.25) is 5.82 Å². The van der Waals surface area contributed by atoms with E-state index >= 15 is 0 Å². The van der Waals surface area contributed by atoms with Crippen molar-refractivity contribution in [1.29, 1.82) is 0 Å². The Morgan fingerprint density at radius 1 is 1.79 bits per heavy atom. The predicted octanol–water partition coefficient (Wildman–Crippen LogP) is -0.334. The van der Waals surface area contributed by atoms with E-state index in [1.54, 1.807) is 4.90 Å². The zero-order chi connectivity index (χ0) is 9.97. The topological polar surface area (TPSA) is 71.1 Å². The summed E-state index contributed by atoms with van der Waals surface area (Å²) >= 11 is 0. The fourth-order valence-electron chi connectivity index (χ4n) is 1.47. The summed E-state index contributed by atoms with van der Waals surface area (Å²) in [5.74, 6) is 0.178. The van der Waals surface area contributed by atoms with Crippen LogP contribution in [0.15, 0.2) is 6.33 Å². The fourth-order valence-corrected chi connectivity index (χ4v) is 1.47. The highest BCUT2D eigenvalue weighted by Gasteiger charge is 2.26. The van der Waals surface area contributed by atoms with E-state index in [4.69, 9.17) is 4.74 Å². The molecule has 1 aliphatic rings. The van der Waals surface area contributed by atoms with E-state index in [-0.39, 0.29) is 11.9 Å². The lowest BCUT2D eigenvalue weighted by Gasteiger charge is -2.32. The Morgan fingerprint density at radius 3 is 3.29 bits per heavy atom. The van der Waals surface area contributed by atoms with E-state index in [0.717, 1.165) is 0 Å². The lowest BCUT2D eigenvalue weighted by atomic mass is 10.2. The minimum atomic E-state index is -0.113. The third-order valence-corrected chi connectivity index (χ3v) is 2.25. The quantitative estimate of drug-likeness (QED) is 0.667. The van der Waals surface area contributed by atoms with Gasteiger partial charge < -0.3 is 9.64 Å². The van der Waals surface area contributed by atoms with Gasteiger partial charge in [-0.25, -0.2) is 4.98 Å². The van der Waals surface area contributed by atoms with E-state index in [1.165, 1.54) is 6.33 Å². The van der Waals surface area contributed by atoms with E-state index < -0.39 is 0 Å². The Bertz CT molecular complexity index is 311. The molecule has 1 atom stereocenters. The largest absolute Gasteiger partial charge is 0.377 e. The molecule has 6 nitrogen and oxygen atoms in total. The number of carbonyl (C=O) groups is 1. The number of rotatable bonds is 1. The second kappa shape index (κ2) is 3.75. The first kappa shape index (κ1) is 9.14. The van der Waals surface area contributed by atoms with Gasteiger partial charge in [0.05, 0.1) is 19.3 Å². The molecule has 1 aromatic rings. The molecule has 0 spiro atoms. The van der Waals surface area contributed by atoms with Crippen molar-refractivity contribution in [3.8, 4) is 0 Å². The second-order valence-corrected chi connectivity index (χ2v) is 3.26. The third-order valence-electron chi connectivity index (χ3n) is 2.25. The lowest BCUT2D eigenvalue weighted by Crippen LogP contribution is -2.47. The summed E-state index contributed by atoms with van der Waals surface area (Å²) in [5, 5.41) is 6.21. The number of aromatic nitrogens is 3. The minimum Gasteiger partial charge on any atom is -0.377 e. The van der Waals surface area contributed by atoms with Crippen molar-refractivity contribution in [2.24, 2.45) is 0 Å². The minimum absolute atomic E-state index is 0.0985. The molecule has 2 heterocycles. The van der Waals surface area contributed by atoms with Gasteiger partial charge in [-0.05, 0) is 6.92 Å². The number of nitrogens with one attached hydrogen (secondary N) is 1. The molecule has 6 heteroatoms. The maximum Gasteiger partial charge on any atom is 0.291 e. The van der Waals surface area contributed by atoms with Crippen molar-refractivity contribution in [1.82, 2.24) is 20.1 Å². The van der Waals surface area contributed by atoms with E-state index in [1.807, 2.05) is 6.92 Å². The van der Waals surface area contributed by atoms with Gasteiger partial charge in [-0.3, -0.25) is 9.89 Å². The standard InChI is InChI=1S/C8H12N4O2/c1-6-4-14-3-2-12(6)8(13)7-9-5-10-11-7/h5-6H,2-4H2,1H3,(H,9,10,11). The number of aromatic amines is 1. The number of amides is 1. The highest BCUT2D eigenvalue weighted by Crippen LogP contribution is 2.08. The van der Waals surface area contributed by atoms with Crippen molar-refractivity contribution in [2.75, 3.05) is 19.8 Å². The van der Waals surface area contributed by atoms with Crippen LogP contribution in [0.5, 0.6) is 0 Å². The molecule has 1 amide bonds.